The van der Waals surface area contributed by atoms with Crippen molar-refractivity contribution in [3.05, 3.63) is 29.0 Å². The van der Waals surface area contributed by atoms with E-state index >= 15 is 0 Å². The van der Waals surface area contributed by atoms with Crippen molar-refractivity contribution in [3.63, 3.8) is 0 Å². The van der Waals surface area contributed by atoms with Crippen LogP contribution in [0, 0.1) is 27.7 Å². The second-order valence-corrected chi connectivity index (χ2v) is 3.43. The maximum atomic E-state index is 4.50. The quantitative estimate of drug-likeness (QED) is 0.612. The fourth-order valence-corrected chi connectivity index (χ4v) is 1.50. The van der Waals surface area contributed by atoms with Crippen molar-refractivity contribution >= 4 is 5.65 Å². The Morgan fingerprint density at radius 3 is 2.46 bits per heavy atom. The molecule has 3 nitrogen and oxygen atoms in total. The van der Waals surface area contributed by atoms with E-state index < -0.39 is 0 Å². The van der Waals surface area contributed by atoms with Crippen LogP contribution in [0.15, 0.2) is 6.33 Å². The van der Waals surface area contributed by atoms with Gasteiger partial charge in [-0.3, -0.25) is 4.40 Å². The van der Waals surface area contributed by atoms with E-state index in [1.807, 2.05) is 24.6 Å². The largest absolute Gasteiger partial charge is 0.287 e. The van der Waals surface area contributed by atoms with Crippen molar-refractivity contribution in [2.24, 2.45) is 0 Å². The maximum Gasteiger partial charge on any atom is 0.159 e. The molecule has 0 atom stereocenters. The number of hydrogen-bond donors (Lipinski definition) is 0. The number of nitrogens with zero attached hydrogens (tertiary/aromatic N) is 3. The van der Waals surface area contributed by atoms with Gasteiger partial charge in [0, 0.05) is 11.4 Å². The van der Waals surface area contributed by atoms with E-state index in [1.54, 1.807) is 0 Å². The van der Waals surface area contributed by atoms with Gasteiger partial charge in [0.15, 0.2) is 5.65 Å². The average molecular weight is 175 g/mol. The summed E-state index contributed by atoms with van der Waals surface area (Å²) in [5, 5.41) is 0. The van der Waals surface area contributed by atoms with Crippen LogP contribution in [-0.2, 0) is 0 Å². The first-order chi connectivity index (χ1) is 6.11. The third kappa shape index (κ3) is 1.03. The molecule has 0 saturated heterocycles. The monoisotopic (exact) mass is 175 g/mol. The first-order valence-electron chi connectivity index (χ1n) is 4.38. The van der Waals surface area contributed by atoms with Crippen LogP contribution in [0.25, 0.3) is 5.65 Å². The van der Waals surface area contributed by atoms with E-state index in [0.717, 1.165) is 17.0 Å². The van der Waals surface area contributed by atoms with Crippen molar-refractivity contribution in [2.45, 2.75) is 27.7 Å². The van der Waals surface area contributed by atoms with Gasteiger partial charge in [0.05, 0.1) is 5.69 Å². The molecule has 0 aliphatic heterocycles. The zero-order valence-electron chi connectivity index (χ0n) is 8.42. The van der Waals surface area contributed by atoms with Crippen LogP contribution in [0.2, 0.25) is 0 Å². The average Bonchev–Trinajstić information content (AvgIpc) is 2.45. The van der Waals surface area contributed by atoms with Crippen molar-refractivity contribution in [3.8, 4) is 0 Å². The Labute approximate surface area is 77.4 Å². The Bertz CT molecular complexity index is 468. The van der Waals surface area contributed by atoms with Gasteiger partial charge in [-0.2, -0.15) is 0 Å². The summed E-state index contributed by atoms with van der Waals surface area (Å²) in [5.41, 5.74) is 5.52. The summed E-state index contributed by atoms with van der Waals surface area (Å²) >= 11 is 0. The molecule has 0 aliphatic rings. The van der Waals surface area contributed by atoms with Gasteiger partial charge in [0.25, 0.3) is 0 Å². The molecule has 2 aromatic rings. The number of imidazole rings is 1. The lowest BCUT2D eigenvalue weighted by molar-refractivity contribution is 0.983. The number of fused-ring (bicyclic) bond motifs is 1. The molecule has 0 aliphatic carbocycles. The van der Waals surface area contributed by atoms with Crippen molar-refractivity contribution in [2.75, 3.05) is 0 Å². The first kappa shape index (κ1) is 8.23. The standard InChI is InChI=1S/C10H13N3/c1-6-7(2)12-10-8(3)11-5-13(10)9(6)4/h5H,1-4H3. The summed E-state index contributed by atoms with van der Waals surface area (Å²) in [4.78, 5) is 8.74. The van der Waals surface area contributed by atoms with E-state index in [9.17, 15) is 0 Å². The van der Waals surface area contributed by atoms with Crippen LogP contribution >= 0.6 is 0 Å². The molecule has 68 valence electrons. The minimum Gasteiger partial charge on any atom is -0.287 e. The molecule has 0 N–H and O–H groups in total. The van der Waals surface area contributed by atoms with E-state index in [0.29, 0.717) is 0 Å². The molecular formula is C10H13N3. The number of aromatic nitrogens is 3. The summed E-state index contributed by atoms with van der Waals surface area (Å²) in [6.45, 7) is 8.20. The normalized spacial score (nSPS) is 11.1. The number of aryl methyl sites for hydroxylation is 3. The van der Waals surface area contributed by atoms with Crippen LogP contribution in [0.3, 0.4) is 0 Å². The summed E-state index contributed by atoms with van der Waals surface area (Å²) in [6.07, 6.45) is 1.83. The summed E-state index contributed by atoms with van der Waals surface area (Å²) < 4.78 is 2.04. The highest BCUT2D eigenvalue weighted by Gasteiger charge is 2.07. The predicted molar refractivity (Wildman–Crippen MR) is 51.9 cm³/mol. The Morgan fingerprint density at radius 2 is 1.77 bits per heavy atom. The highest BCUT2D eigenvalue weighted by molar-refractivity contribution is 5.47. The molecule has 0 fully saturated rings. The van der Waals surface area contributed by atoms with Gasteiger partial charge in [-0.25, -0.2) is 9.97 Å². The summed E-state index contributed by atoms with van der Waals surface area (Å²) in [5.74, 6) is 0. The molecule has 2 heterocycles. The molecule has 2 rings (SSSR count). The molecular weight excluding hydrogens is 162 g/mol. The van der Waals surface area contributed by atoms with Gasteiger partial charge in [0.2, 0.25) is 0 Å². The lowest BCUT2D eigenvalue weighted by Gasteiger charge is -2.06. The molecule has 0 saturated carbocycles. The Hall–Kier alpha value is -1.38. The lowest BCUT2D eigenvalue weighted by Crippen LogP contribution is -1.99. The highest BCUT2D eigenvalue weighted by atomic mass is 15.1. The molecule has 2 aromatic heterocycles. The molecule has 0 aromatic carbocycles. The fourth-order valence-electron chi connectivity index (χ4n) is 1.50. The van der Waals surface area contributed by atoms with Gasteiger partial charge in [-0.15, -0.1) is 0 Å². The van der Waals surface area contributed by atoms with Crippen LogP contribution in [0.4, 0.5) is 0 Å². The van der Waals surface area contributed by atoms with E-state index in [4.69, 9.17) is 0 Å². The van der Waals surface area contributed by atoms with Gasteiger partial charge in [0.1, 0.15) is 6.33 Å². The zero-order valence-corrected chi connectivity index (χ0v) is 8.42. The van der Waals surface area contributed by atoms with Crippen molar-refractivity contribution < 1.29 is 0 Å². The van der Waals surface area contributed by atoms with Crippen molar-refractivity contribution in [1.82, 2.24) is 14.4 Å². The minimum absolute atomic E-state index is 0.973. The molecule has 13 heavy (non-hydrogen) atoms. The molecule has 3 heteroatoms. The van der Waals surface area contributed by atoms with Crippen molar-refractivity contribution in [1.29, 1.82) is 0 Å². The Kier molecular flexibility index (Phi) is 1.62. The van der Waals surface area contributed by atoms with Gasteiger partial charge >= 0.3 is 0 Å². The Morgan fingerprint density at radius 1 is 1.08 bits per heavy atom. The van der Waals surface area contributed by atoms with Gasteiger partial charge < -0.3 is 0 Å². The smallest absolute Gasteiger partial charge is 0.159 e. The summed E-state index contributed by atoms with van der Waals surface area (Å²) in [6, 6.07) is 0. The predicted octanol–water partition coefficient (Wildman–Crippen LogP) is 1.96. The second-order valence-electron chi connectivity index (χ2n) is 3.43. The molecule has 0 bridgehead atoms. The number of rotatable bonds is 0. The molecule has 0 spiro atoms. The summed E-state index contributed by atoms with van der Waals surface area (Å²) in [7, 11) is 0. The first-order valence-corrected chi connectivity index (χ1v) is 4.38. The lowest BCUT2D eigenvalue weighted by atomic mass is 10.2. The van der Waals surface area contributed by atoms with Crippen LogP contribution in [0.5, 0.6) is 0 Å². The van der Waals surface area contributed by atoms with Crippen LogP contribution in [0.1, 0.15) is 22.6 Å². The van der Waals surface area contributed by atoms with Crippen LogP contribution < -0.4 is 0 Å². The molecule has 0 unspecified atom stereocenters. The molecule has 0 amide bonds. The third-order valence-corrected chi connectivity index (χ3v) is 2.64. The van der Waals surface area contributed by atoms with E-state index in [1.165, 1.54) is 11.3 Å². The fraction of sp³-hybridized carbons (Fsp3) is 0.400. The second kappa shape index (κ2) is 2.55. The van der Waals surface area contributed by atoms with Gasteiger partial charge in [-0.05, 0) is 33.3 Å². The van der Waals surface area contributed by atoms with Crippen LogP contribution in [-0.4, -0.2) is 14.4 Å². The van der Waals surface area contributed by atoms with E-state index in [-0.39, 0.29) is 0 Å². The zero-order chi connectivity index (χ0) is 9.59. The molecule has 0 radical (unpaired) electrons. The maximum absolute atomic E-state index is 4.50. The topological polar surface area (TPSA) is 30.2 Å². The van der Waals surface area contributed by atoms with E-state index in [2.05, 4.69) is 23.8 Å². The Balaban J connectivity index is 2.96. The minimum atomic E-state index is 0.973. The third-order valence-electron chi connectivity index (χ3n) is 2.64. The van der Waals surface area contributed by atoms with Gasteiger partial charge in [-0.1, -0.05) is 0 Å². The number of hydrogen-bond acceptors (Lipinski definition) is 2. The SMILES string of the molecule is Cc1nc2c(C)ncn2c(C)c1C. The highest BCUT2D eigenvalue weighted by Crippen LogP contribution is 2.14.